The van der Waals surface area contributed by atoms with E-state index in [0.717, 1.165) is 4.47 Å². The predicted molar refractivity (Wildman–Crippen MR) is 58.2 cm³/mol. The molecule has 2 rings (SSSR count). The van der Waals surface area contributed by atoms with Crippen molar-refractivity contribution in [1.82, 2.24) is 0 Å². The van der Waals surface area contributed by atoms with E-state index in [2.05, 4.69) is 15.9 Å². The lowest BCUT2D eigenvalue weighted by Crippen LogP contribution is -2.26. The van der Waals surface area contributed by atoms with Gasteiger partial charge in [-0.1, -0.05) is 15.9 Å². The van der Waals surface area contributed by atoms with Gasteiger partial charge in [0.05, 0.1) is 11.6 Å². The molecule has 0 saturated heterocycles. The molecule has 0 aromatic heterocycles. The van der Waals surface area contributed by atoms with Gasteiger partial charge in [0.15, 0.2) is 17.3 Å². The van der Waals surface area contributed by atoms with Crippen LogP contribution < -0.4 is 15.2 Å². The highest BCUT2D eigenvalue weighted by Crippen LogP contribution is 2.38. The zero-order valence-electron chi connectivity index (χ0n) is 8.12. The fraction of sp³-hybridized carbons (Fsp3) is 0.300. The summed E-state index contributed by atoms with van der Waals surface area (Å²) in [4.78, 5) is 11.8. The zero-order valence-corrected chi connectivity index (χ0v) is 9.71. The Morgan fingerprint density at radius 2 is 2.27 bits per heavy atom. The van der Waals surface area contributed by atoms with E-state index in [1.165, 1.54) is 0 Å². The van der Waals surface area contributed by atoms with E-state index in [-0.39, 0.29) is 12.6 Å². The Morgan fingerprint density at radius 3 is 2.93 bits per heavy atom. The van der Waals surface area contributed by atoms with Gasteiger partial charge in [-0.15, -0.1) is 0 Å². The van der Waals surface area contributed by atoms with Crippen LogP contribution in [0.5, 0.6) is 11.5 Å². The molecule has 0 saturated carbocycles. The lowest BCUT2D eigenvalue weighted by atomic mass is 10.0. The lowest BCUT2D eigenvalue weighted by molar-refractivity contribution is 0.0963. The second-order valence-corrected chi connectivity index (χ2v) is 4.26. The van der Waals surface area contributed by atoms with Crippen molar-refractivity contribution < 1.29 is 14.3 Å². The van der Waals surface area contributed by atoms with Crippen LogP contribution in [0.1, 0.15) is 17.3 Å². The molecular weight excluding hydrogens is 262 g/mol. The van der Waals surface area contributed by atoms with Crippen LogP contribution in [0.4, 0.5) is 0 Å². The summed E-state index contributed by atoms with van der Waals surface area (Å²) in [6, 6.07) is 2.91. The molecule has 1 atom stereocenters. The Hall–Kier alpha value is -1.07. The van der Waals surface area contributed by atoms with Crippen LogP contribution in [0.3, 0.4) is 0 Å². The molecule has 4 nitrogen and oxygen atoms in total. The number of hydrogen-bond acceptors (Lipinski definition) is 4. The number of rotatable bonds is 2. The SMILES string of the molecule is CC(N)C(=O)c1cc(Br)cc2c1OCO2. The molecule has 1 unspecified atom stereocenters. The molecule has 0 aliphatic carbocycles. The summed E-state index contributed by atoms with van der Waals surface area (Å²) in [6.07, 6.45) is 0. The highest BCUT2D eigenvalue weighted by atomic mass is 79.9. The fourth-order valence-corrected chi connectivity index (χ4v) is 1.84. The van der Waals surface area contributed by atoms with Crippen LogP contribution in [0.25, 0.3) is 0 Å². The normalized spacial score (nSPS) is 15.1. The van der Waals surface area contributed by atoms with E-state index in [1.807, 2.05) is 0 Å². The van der Waals surface area contributed by atoms with Crippen LogP contribution in [0, 0.1) is 0 Å². The Labute approximate surface area is 95.5 Å². The van der Waals surface area contributed by atoms with E-state index < -0.39 is 6.04 Å². The lowest BCUT2D eigenvalue weighted by Gasteiger charge is -2.08. The summed E-state index contributed by atoms with van der Waals surface area (Å²) in [7, 11) is 0. The van der Waals surface area contributed by atoms with Gasteiger partial charge >= 0.3 is 0 Å². The number of halogens is 1. The summed E-state index contributed by atoms with van der Waals surface area (Å²) in [5.41, 5.74) is 6.02. The van der Waals surface area contributed by atoms with E-state index >= 15 is 0 Å². The largest absolute Gasteiger partial charge is 0.454 e. The minimum absolute atomic E-state index is 0.144. The molecule has 15 heavy (non-hydrogen) atoms. The molecule has 5 heteroatoms. The van der Waals surface area contributed by atoms with Crippen LogP contribution in [-0.2, 0) is 0 Å². The Morgan fingerprint density at radius 1 is 1.53 bits per heavy atom. The molecule has 0 fully saturated rings. The van der Waals surface area contributed by atoms with E-state index in [0.29, 0.717) is 17.1 Å². The second-order valence-electron chi connectivity index (χ2n) is 3.34. The van der Waals surface area contributed by atoms with Gasteiger partial charge in [0, 0.05) is 4.47 Å². The van der Waals surface area contributed by atoms with Crippen molar-refractivity contribution in [2.24, 2.45) is 5.73 Å². The number of carbonyl (C=O) groups is 1. The predicted octanol–water partition coefficient (Wildman–Crippen LogP) is 1.71. The van der Waals surface area contributed by atoms with Gasteiger partial charge in [-0.3, -0.25) is 4.79 Å². The second kappa shape index (κ2) is 3.83. The average molecular weight is 272 g/mol. The maximum absolute atomic E-state index is 11.8. The molecule has 2 N–H and O–H groups in total. The summed E-state index contributed by atoms with van der Waals surface area (Å²) in [5, 5.41) is 0. The molecular formula is C10H10BrNO3. The monoisotopic (exact) mass is 271 g/mol. The average Bonchev–Trinajstić information content (AvgIpc) is 2.62. The molecule has 0 spiro atoms. The van der Waals surface area contributed by atoms with Crippen LogP contribution in [0.15, 0.2) is 16.6 Å². The number of carbonyl (C=O) groups excluding carboxylic acids is 1. The molecule has 80 valence electrons. The van der Waals surface area contributed by atoms with Crippen molar-refractivity contribution in [1.29, 1.82) is 0 Å². The Bertz CT molecular complexity index is 417. The third-order valence-corrected chi connectivity index (χ3v) is 2.57. The third kappa shape index (κ3) is 1.85. The van der Waals surface area contributed by atoms with Crippen LogP contribution >= 0.6 is 15.9 Å². The minimum Gasteiger partial charge on any atom is -0.454 e. The first-order valence-corrected chi connectivity index (χ1v) is 5.28. The van der Waals surface area contributed by atoms with Crippen molar-refractivity contribution >= 4 is 21.7 Å². The van der Waals surface area contributed by atoms with E-state index in [1.54, 1.807) is 19.1 Å². The van der Waals surface area contributed by atoms with E-state index in [4.69, 9.17) is 15.2 Å². The molecule has 0 amide bonds. The summed E-state index contributed by atoms with van der Waals surface area (Å²) in [5.74, 6) is 0.909. The summed E-state index contributed by atoms with van der Waals surface area (Å²) >= 11 is 3.30. The van der Waals surface area contributed by atoms with Gasteiger partial charge < -0.3 is 15.2 Å². The summed E-state index contributed by atoms with van der Waals surface area (Å²) < 4.78 is 11.2. The standard InChI is InChI=1S/C10H10BrNO3/c1-5(12)9(13)7-2-6(11)3-8-10(7)15-4-14-8/h2-3,5H,4,12H2,1H3. The first-order valence-electron chi connectivity index (χ1n) is 4.48. The van der Waals surface area contributed by atoms with Gasteiger partial charge in [-0.05, 0) is 19.1 Å². The quantitative estimate of drug-likeness (QED) is 0.832. The number of benzene rings is 1. The highest BCUT2D eigenvalue weighted by Gasteiger charge is 2.24. The van der Waals surface area contributed by atoms with Crippen LogP contribution in [-0.4, -0.2) is 18.6 Å². The van der Waals surface area contributed by atoms with Gasteiger partial charge in [-0.25, -0.2) is 0 Å². The third-order valence-electron chi connectivity index (χ3n) is 2.12. The maximum Gasteiger partial charge on any atom is 0.231 e. The number of ketones is 1. The molecule has 0 radical (unpaired) electrons. The Kier molecular flexibility index (Phi) is 2.67. The molecule has 1 aliphatic heterocycles. The number of hydrogen-bond donors (Lipinski definition) is 1. The topological polar surface area (TPSA) is 61.6 Å². The molecule has 1 aliphatic rings. The van der Waals surface area contributed by atoms with Gasteiger partial charge in [0.2, 0.25) is 6.79 Å². The fourth-order valence-electron chi connectivity index (χ4n) is 1.40. The first kappa shape index (κ1) is 10.4. The smallest absolute Gasteiger partial charge is 0.231 e. The number of Topliss-reactive ketones (excluding diaryl/α,β-unsaturated/α-hetero) is 1. The van der Waals surface area contributed by atoms with Gasteiger partial charge in [0.1, 0.15) is 0 Å². The number of nitrogens with two attached hydrogens (primary N) is 1. The van der Waals surface area contributed by atoms with Crippen molar-refractivity contribution in [3.63, 3.8) is 0 Å². The van der Waals surface area contributed by atoms with Gasteiger partial charge in [0.25, 0.3) is 0 Å². The van der Waals surface area contributed by atoms with Crippen molar-refractivity contribution in [2.75, 3.05) is 6.79 Å². The van der Waals surface area contributed by atoms with Crippen molar-refractivity contribution in [3.05, 3.63) is 22.2 Å². The maximum atomic E-state index is 11.8. The van der Waals surface area contributed by atoms with Crippen LogP contribution in [0.2, 0.25) is 0 Å². The molecule has 1 aromatic rings. The minimum atomic E-state index is -0.549. The zero-order chi connectivity index (χ0) is 11.0. The number of ether oxygens (including phenoxy) is 2. The number of fused-ring (bicyclic) bond motifs is 1. The first-order chi connectivity index (χ1) is 7.09. The highest BCUT2D eigenvalue weighted by molar-refractivity contribution is 9.10. The van der Waals surface area contributed by atoms with E-state index in [9.17, 15) is 4.79 Å². The van der Waals surface area contributed by atoms with Gasteiger partial charge in [-0.2, -0.15) is 0 Å². The van der Waals surface area contributed by atoms with Crippen molar-refractivity contribution in [2.45, 2.75) is 13.0 Å². The molecule has 1 aromatic carbocycles. The summed E-state index contributed by atoms with van der Waals surface area (Å²) in [6.45, 7) is 1.79. The molecule has 1 heterocycles. The van der Waals surface area contributed by atoms with Crippen molar-refractivity contribution in [3.8, 4) is 11.5 Å². The molecule has 0 bridgehead atoms. The Balaban J connectivity index is 2.51.